The second-order valence-corrected chi connectivity index (χ2v) is 12.3. The van der Waals surface area contributed by atoms with E-state index in [1.165, 1.54) is 5.56 Å². The molecule has 0 saturated carbocycles. The van der Waals surface area contributed by atoms with Crippen LogP contribution in [0.25, 0.3) is 22.0 Å². The fraction of sp³-hybridized carbons (Fsp3) is 0.323. The largest absolute Gasteiger partial charge is 0.348 e. The summed E-state index contributed by atoms with van der Waals surface area (Å²) >= 11 is 0. The number of nitrogens with zero attached hydrogens (tertiary/aromatic N) is 1. The van der Waals surface area contributed by atoms with Crippen molar-refractivity contribution in [1.29, 1.82) is 0 Å². The molecule has 0 saturated heterocycles. The highest BCUT2D eigenvalue weighted by atomic mass is 32.2. The van der Waals surface area contributed by atoms with E-state index in [9.17, 15) is 9.59 Å². The third-order valence-corrected chi connectivity index (χ3v) is 8.49. The van der Waals surface area contributed by atoms with Crippen molar-refractivity contribution in [2.24, 2.45) is 0 Å². The molecule has 0 aliphatic carbocycles. The summed E-state index contributed by atoms with van der Waals surface area (Å²) in [7, 11) is 0.219. The maximum Gasteiger partial charge on any atom is 0.253 e. The number of carbonyl (C=O) groups is 1. The predicted octanol–water partition coefficient (Wildman–Crippen LogP) is 6.65. The van der Waals surface area contributed by atoms with Gasteiger partial charge >= 0.3 is 0 Å². The van der Waals surface area contributed by atoms with Gasteiger partial charge in [0.15, 0.2) is 0 Å². The Morgan fingerprint density at radius 1 is 1.08 bits per heavy atom. The van der Waals surface area contributed by atoms with Crippen molar-refractivity contribution < 1.29 is 4.79 Å². The quantitative estimate of drug-likeness (QED) is 0.271. The van der Waals surface area contributed by atoms with E-state index in [1.807, 2.05) is 26.0 Å². The van der Waals surface area contributed by atoms with E-state index in [4.69, 9.17) is 0 Å². The number of H-pyrrole nitrogens is 1. The summed E-state index contributed by atoms with van der Waals surface area (Å²) in [5.41, 5.74) is 8.25. The van der Waals surface area contributed by atoms with Gasteiger partial charge in [-0.05, 0) is 93.8 Å². The van der Waals surface area contributed by atoms with Gasteiger partial charge in [0.2, 0.25) is 0 Å². The average molecular weight is 516 g/mol. The molecular formula is C31H37N3O2S. The number of aryl methyl sites for hydroxylation is 3. The summed E-state index contributed by atoms with van der Waals surface area (Å²) in [6.45, 7) is 12.4. The molecule has 2 aromatic carbocycles. The topological polar surface area (TPSA) is 66.9 Å². The Balaban J connectivity index is 1.80. The monoisotopic (exact) mass is 515 g/mol. The molecule has 0 aliphatic rings. The van der Waals surface area contributed by atoms with E-state index in [0.29, 0.717) is 11.1 Å². The van der Waals surface area contributed by atoms with E-state index in [1.54, 1.807) is 0 Å². The molecule has 5 nitrogen and oxygen atoms in total. The van der Waals surface area contributed by atoms with E-state index in [2.05, 4.69) is 90.7 Å². The minimum Gasteiger partial charge on any atom is -0.348 e. The molecule has 0 fully saturated rings. The summed E-state index contributed by atoms with van der Waals surface area (Å²) < 4.78 is 2.24. The van der Waals surface area contributed by atoms with Crippen LogP contribution in [0.2, 0.25) is 0 Å². The van der Waals surface area contributed by atoms with Crippen LogP contribution in [-0.4, -0.2) is 27.1 Å². The zero-order chi connectivity index (χ0) is 26.9. The minimum absolute atomic E-state index is 0.157. The van der Waals surface area contributed by atoms with Crippen LogP contribution in [0.15, 0.2) is 53.5 Å². The zero-order valence-electron chi connectivity index (χ0n) is 22.9. The van der Waals surface area contributed by atoms with Gasteiger partial charge < -0.3 is 14.9 Å². The fourth-order valence-corrected chi connectivity index (χ4v) is 5.78. The van der Waals surface area contributed by atoms with Crippen LogP contribution < -0.4 is 10.9 Å². The Morgan fingerprint density at radius 2 is 1.84 bits per heavy atom. The first-order valence-electron chi connectivity index (χ1n) is 12.7. The molecule has 37 heavy (non-hydrogen) atoms. The summed E-state index contributed by atoms with van der Waals surface area (Å²) in [6, 6.07) is 15.0. The number of rotatable bonds is 7. The van der Waals surface area contributed by atoms with Gasteiger partial charge in [0, 0.05) is 52.3 Å². The van der Waals surface area contributed by atoms with Gasteiger partial charge in [0.05, 0.1) is 0 Å². The highest BCUT2D eigenvalue weighted by Gasteiger charge is 2.19. The van der Waals surface area contributed by atoms with E-state index < -0.39 is 0 Å². The summed E-state index contributed by atoms with van der Waals surface area (Å²) in [5, 5.41) is 6.23. The normalized spacial score (nSPS) is 12.4. The summed E-state index contributed by atoms with van der Waals surface area (Å²) in [5.74, 6) is 0.828. The van der Waals surface area contributed by atoms with Crippen LogP contribution >= 0.6 is 10.5 Å². The lowest BCUT2D eigenvalue weighted by atomic mass is 9.97. The maximum atomic E-state index is 13.7. The lowest BCUT2D eigenvalue weighted by Crippen LogP contribution is -2.28. The van der Waals surface area contributed by atoms with Crippen molar-refractivity contribution >= 4 is 32.7 Å². The van der Waals surface area contributed by atoms with Crippen LogP contribution in [0.3, 0.4) is 0 Å². The molecule has 2 heterocycles. The molecule has 1 atom stereocenters. The molecule has 0 radical (unpaired) electrons. The molecule has 2 aromatic heterocycles. The van der Waals surface area contributed by atoms with Crippen molar-refractivity contribution in [3.05, 3.63) is 92.5 Å². The van der Waals surface area contributed by atoms with Crippen LogP contribution in [0.1, 0.15) is 65.1 Å². The number of aromatic nitrogens is 2. The van der Waals surface area contributed by atoms with Gasteiger partial charge in [-0.15, -0.1) is 0 Å². The fourth-order valence-electron chi connectivity index (χ4n) is 4.91. The maximum absolute atomic E-state index is 13.7. The molecule has 1 unspecified atom stereocenters. The minimum atomic E-state index is -0.178. The Labute approximate surface area is 221 Å². The Morgan fingerprint density at radius 3 is 2.51 bits per heavy atom. The number of hydrogen-bond donors (Lipinski definition) is 2. The van der Waals surface area contributed by atoms with E-state index in [0.717, 1.165) is 44.6 Å². The lowest BCUT2D eigenvalue weighted by molar-refractivity contribution is 0.0952. The van der Waals surface area contributed by atoms with Crippen LogP contribution in [-0.2, 0) is 12.3 Å². The lowest BCUT2D eigenvalue weighted by Gasteiger charge is -2.14. The molecule has 2 N–H and O–H groups in total. The summed E-state index contributed by atoms with van der Waals surface area (Å²) in [4.78, 5) is 29.0. The molecule has 6 heteroatoms. The Hall–Kier alpha value is -3.38. The molecule has 0 aliphatic heterocycles. The number of aromatic amines is 1. The van der Waals surface area contributed by atoms with Crippen molar-refractivity contribution in [2.45, 2.75) is 59.9 Å². The number of benzene rings is 2. The van der Waals surface area contributed by atoms with Crippen molar-refractivity contribution in [3.8, 4) is 11.1 Å². The predicted molar refractivity (Wildman–Crippen MR) is 159 cm³/mol. The standard InChI is InChI=1S/C31H37N3O2S/c1-8-37(7)18-23-10-9-11-24(13-23)25-14-26(29-21(5)17-34(19(2)3)28(29)15-25)30(35)32-16-27-20(4)12-22(6)33-31(27)36/h8-15,17,19H,16,18H2,1-7H3,(H,32,35)(H,33,36). The molecule has 0 bridgehead atoms. The van der Waals surface area contributed by atoms with Gasteiger partial charge in [0.25, 0.3) is 11.5 Å². The zero-order valence-corrected chi connectivity index (χ0v) is 23.7. The Bertz CT molecular complexity index is 1570. The molecule has 4 aromatic rings. The van der Waals surface area contributed by atoms with Crippen LogP contribution in [0, 0.1) is 20.8 Å². The second kappa shape index (κ2) is 10.9. The van der Waals surface area contributed by atoms with Gasteiger partial charge in [-0.25, -0.2) is 0 Å². The number of nitrogens with one attached hydrogen (secondary N) is 2. The van der Waals surface area contributed by atoms with Gasteiger partial charge in [-0.1, -0.05) is 29.6 Å². The molecule has 1 amide bonds. The van der Waals surface area contributed by atoms with Gasteiger partial charge in [-0.3, -0.25) is 9.59 Å². The van der Waals surface area contributed by atoms with Crippen LogP contribution in [0.4, 0.5) is 0 Å². The number of fused-ring (bicyclic) bond motifs is 1. The molecule has 194 valence electrons. The first-order chi connectivity index (χ1) is 17.6. The number of pyridine rings is 1. The molecular weight excluding hydrogens is 478 g/mol. The van der Waals surface area contributed by atoms with Crippen LogP contribution in [0.5, 0.6) is 0 Å². The smallest absolute Gasteiger partial charge is 0.253 e. The van der Waals surface area contributed by atoms with Crippen molar-refractivity contribution in [2.75, 3.05) is 6.26 Å². The van der Waals surface area contributed by atoms with Crippen molar-refractivity contribution in [3.63, 3.8) is 0 Å². The highest BCUT2D eigenvalue weighted by molar-refractivity contribution is 8.13. The highest BCUT2D eigenvalue weighted by Crippen LogP contribution is 2.33. The number of hydrogen-bond acceptors (Lipinski definition) is 2. The average Bonchev–Trinajstić information content (AvgIpc) is 3.19. The van der Waals surface area contributed by atoms with Crippen molar-refractivity contribution in [1.82, 2.24) is 14.9 Å². The van der Waals surface area contributed by atoms with Gasteiger partial charge in [0.1, 0.15) is 0 Å². The SMILES string of the molecule is CC=S(C)Cc1cccc(-c2cc(C(=O)NCc3c(C)cc(C)[nH]c3=O)c3c(C)cn(C(C)C)c3c2)c1. The molecule has 0 spiro atoms. The number of amides is 1. The van der Waals surface area contributed by atoms with Gasteiger partial charge in [-0.2, -0.15) is 10.5 Å². The first kappa shape index (κ1) is 26.7. The Kier molecular flexibility index (Phi) is 7.88. The van der Waals surface area contributed by atoms with E-state index in [-0.39, 0.29) is 34.5 Å². The summed E-state index contributed by atoms with van der Waals surface area (Å²) in [6.07, 6.45) is 4.38. The number of carbonyl (C=O) groups excluding carboxylic acids is 1. The first-order valence-corrected chi connectivity index (χ1v) is 14.6. The second-order valence-electron chi connectivity index (χ2n) is 10.1. The third kappa shape index (κ3) is 5.64. The van der Waals surface area contributed by atoms with E-state index >= 15 is 0 Å². The third-order valence-electron chi connectivity index (χ3n) is 6.90. The molecule has 4 rings (SSSR count).